The summed E-state index contributed by atoms with van der Waals surface area (Å²) in [5.74, 6) is -0.503. The van der Waals surface area contributed by atoms with Crippen LogP contribution >= 0.6 is 0 Å². The van der Waals surface area contributed by atoms with Gasteiger partial charge >= 0.3 is 5.97 Å². The van der Waals surface area contributed by atoms with E-state index in [1.54, 1.807) is 6.92 Å². The fraction of sp³-hybridized carbons (Fsp3) is 0.556. The second-order valence-electron chi connectivity index (χ2n) is 2.76. The number of anilines is 1. The summed E-state index contributed by atoms with van der Waals surface area (Å²) in [6.07, 6.45) is 1.83. The van der Waals surface area contributed by atoms with E-state index in [0.29, 0.717) is 19.6 Å². The van der Waals surface area contributed by atoms with Crippen molar-refractivity contribution in [3.63, 3.8) is 0 Å². The van der Waals surface area contributed by atoms with Gasteiger partial charge in [0, 0.05) is 13.2 Å². The van der Waals surface area contributed by atoms with Gasteiger partial charge in [-0.1, -0.05) is 0 Å². The SMILES string of the molecule is CCOC(=O)c1coc(NCCCO)n1. The average Bonchev–Trinajstić information content (AvgIpc) is 2.67. The van der Waals surface area contributed by atoms with Gasteiger partial charge in [0.1, 0.15) is 6.26 Å². The predicted molar refractivity (Wildman–Crippen MR) is 52.7 cm³/mol. The molecular weight excluding hydrogens is 200 g/mol. The summed E-state index contributed by atoms with van der Waals surface area (Å²) in [4.78, 5) is 15.0. The Hall–Kier alpha value is -1.56. The minimum Gasteiger partial charge on any atom is -0.461 e. The third-order valence-corrected chi connectivity index (χ3v) is 1.60. The Morgan fingerprint density at radius 2 is 2.53 bits per heavy atom. The van der Waals surface area contributed by atoms with E-state index >= 15 is 0 Å². The summed E-state index contributed by atoms with van der Waals surface area (Å²) in [6, 6.07) is 0.256. The van der Waals surface area contributed by atoms with Gasteiger partial charge in [0.05, 0.1) is 6.61 Å². The van der Waals surface area contributed by atoms with Crippen LogP contribution in [0.25, 0.3) is 0 Å². The third kappa shape index (κ3) is 3.59. The van der Waals surface area contributed by atoms with E-state index in [9.17, 15) is 4.79 Å². The van der Waals surface area contributed by atoms with Crippen molar-refractivity contribution in [2.75, 3.05) is 25.1 Å². The number of ether oxygens (including phenoxy) is 1. The third-order valence-electron chi connectivity index (χ3n) is 1.60. The molecule has 0 aliphatic heterocycles. The molecule has 1 heterocycles. The van der Waals surface area contributed by atoms with Gasteiger partial charge < -0.3 is 19.6 Å². The summed E-state index contributed by atoms with van der Waals surface area (Å²) in [5.41, 5.74) is 0.142. The van der Waals surface area contributed by atoms with Gasteiger partial charge in [-0.2, -0.15) is 4.98 Å². The maximum absolute atomic E-state index is 11.2. The minimum absolute atomic E-state index is 0.0957. The zero-order valence-corrected chi connectivity index (χ0v) is 8.52. The molecule has 0 amide bonds. The number of esters is 1. The molecule has 0 aliphatic rings. The van der Waals surface area contributed by atoms with E-state index in [1.807, 2.05) is 0 Å². The number of nitrogens with one attached hydrogen (secondary N) is 1. The van der Waals surface area contributed by atoms with E-state index in [-0.39, 0.29) is 18.3 Å². The minimum atomic E-state index is -0.503. The van der Waals surface area contributed by atoms with Crippen molar-refractivity contribution >= 4 is 12.0 Å². The number of nitrogens with zero attached hydrogens (tertiary/aromatic N) is 1. The monoisotopic (exact) mass is 214 g/mol. The van der Waals surface area contributed by atoms with Crippen molar-refractivity contribution in [3.8, 4) is 0 Å². The molecule has 0 aromatic carbocycles. The first kappa shape index (κ1) is 11.5. The van der Waals surface area contributed by atoms with Crippen LogP contribution in [-0.2, 0) is 4.74 Å². The Bertz CT molecular complexity index is 311. The number of hydrogen-bond donors (Lipinski definition) is 2. The molecule has 0 aliphatic carbocycles. The van der Waals surface area contributed by atoms with E-state index in [2.05, 4.69) is 10.3 Å². The van der Waals surface area contributed by atoms with Gasteiger partial charge in [0.15, 0.2) is 5.69 Å². The second-order valence-corrected chi connectivity index (χ2v) is 2.76. The number of oxazole rings is 1. The lowest BCUT2D eigenvalue weighted by Gasteiger charge is -1.97. The van der Waals surface area contributed by atoms with Crippen LogP contribution in [-0.4, -0.2) is 35.8 Å². The Kier molecular flexibility index (Phi) is 4.62. The van der Waals surface area contributed by atoms with Gasteiger partial charge in [0.25, 0.3) is 6.01 Å². The molecular formula is C9H14N2O4. The van der Waals surface area contributed by atoms with Gasteiger partial charge in [-0.25, -0.2) is 4.79 Å². The number of carbonyl (C=O) groups excluding carboxylic acids is 1. The largest absolute Gasteiger partial charge is 0.461 e. The van der Waals surface area contributed by atoms with Crippen molar-refractivity contribution in [2.24, 2.45) is 0 Å². The molecule has 0 saturated carbocycles. The van der Waals surface area contributed by atoms with Crippen LogP contribution in [0.1, 0.15) is 23.8 Å². The van der Waals surface area contributed by atoms with Gasteiger partial charge in [-0.15, -0.1) is 0 Å². The average molecular weight is 214 g/mol. The zero-order valence-electron chi connectivity index (χ0n) is 8.52. The summed E-state index contributed by atoms with van der Waals surface area (Å²) in [7, 11) is 0. The standard InChI is InChI=1S/C9H14N2O4/c1-2-14-8(13)7-6-15-9(11-7)10-4-3-5-12/h6,12H,2-5H2,1H3,(H,10,11). The highest BCUT2D eigenvalue weighted by Gasteiger charge is 2.12. The van der Waals surface area contributed by atoms with E-state index < -0.39 is 5.97 Å². The molecule has 1 aromatic rings. The number of aliphatic hydroxyl groups excluding tert-OH is 1. The highest BCUT2D eigenvalue weighted by molar-refractivity contribution is 5.87. The van der Waals surface area contributed by atoms with Crippen LogP contribution < -0.4 is 5.32 Å². The van der Waals surface area contributed by atoms with Crippen LogP contribution in [0.3, 0.4) is 0 Å². The van der Waals surface area contributed by atoms with Crippen LogP contribution in [0.2, 0.25) is 0 Å². The molecule has 84 valence electrons. The Morgan fingerprint density at radius 1 is 1.73 bits per heavy atom. The lowest BCUT2D eigenvalue weighted by atomic mass is 10.4. The molecule has 6 heteroatoms. The molecule has 0 atom stereocenters. The van der Waals surface area contributed by atoms with Crippen molar-refractivity contribution in [1.29, 1.82) is 0 Å². The van der Waals surface area contributed by atoms with Crippen LogP contribution in [0.15, 0.2) is 10.7 Å². The Balaban J connectivity index is 2.45. The molecule has 0 radical (unpaired) electrons. The zero-order chi connectivity index (χ0) is 11.1. The molecule has 15 heavy (non-hydrogen) atoms. The number of aromatic nitrogens is 1. The highest BCUT2D eigenvalue weighted by atomic mass is 16.5. The number of aliphatic hydroxyl groups is 1. The summed E-state index contributed by atoms with van der Waals surface area (Å²) < 4.78 is 9.71. The van der Waals surface area contributed by atoms with Crippen molar-refractivity contribution in [2.45, 2.75) is 13.3 Å². The molecule has 0 unspecified atom stereocenters. The van der Waals surface area contributed by atoms with E-state index in [1.165, 1.54) is 6.26 Å². The van der Waals surface area contributed by atoms with Crippen LogP contribution in [0, 0.1) is 0 Å². The molecule has 0 bridgehead atoms. The number of rotatable bonds is 6. The molecule has 0 fully saturated rings. The summed E-state index contributed by atoms with van der Waals surface area (Å²) in [6.45, 7) is 2.66. The van der Waals surface area contributed by atoms with E-state index in [4.69, 9.17) is 14.3 Å². The predicted octanol–water partition coefficient (Wildman–Crippen LogP) is 0.646. The van der Waals surface area contributed by atoms with Crippen molar-refractivity contribution < 1.29 is 19.1 Å². The summed E-state index contributed by atoms with van der Waals surface area (Å²) in [5, 5.41) is 11.4. The molecule has 6 nitrogen and oxygen atoms in total. The topological polar surface area (TPSA) is 84.6 Å². The number of carbonyl (C=O) groups is 1. The van der Waals surface area contributed by atoms with Crippen LogP contribution in [0.5, 0.6) is 0 Å². The Labute approximate surface area is 87.3 Å². The van der Waals surface area contributed by atoms with Gasteiger partial charge in [-0.3, -0.25) is 0 Å². The highest BCUT2D eigenvalue weighted by Crippen LogP contribution is 2.08. The second kappa shape index (κ2) is 6.02. The maximum atomic E-state index is 11.2. The van der Waals surface area contributed by atoms with Gasteiger partial charge in [-0.05, 0) is 13.3 Å². The van der Waals surface area contributed by atoms with Crippen molar-refractivity contribution in [1.82, 2.24) is 4.98 Å². The molecule has 1 aromatic heterocycles. The summed E-state index contributed by atoms with van der Waals surface area (Å²) >= 11 is 0. The van der Waals surface area contributed by atoms with E-state index in [0.717, 1.165) is 0 Å². The van der Waals surface area contributed by atoms with Gasteiger partial charge in [0.2, 0.25) is 0 Å². The lowest BCUT2D eigenvalue weighted by molar-refractivity contribution is 0.0519. The lowest BCUT2D eigenvalue weighted by Crippen LogP contribution is -2.06. The molecule has 0 saturated heterocycles. The quantitative estimate of drug-likeness (QED) is 0.534. The first-order chi connectivity index (χ1) is 7.27. The Morgan fingerprint density at radius 3 is 3.20 bits per heavy atom. The maximum Gasteiger partial charge on any atom is 0.360 e. The number of hydrogen-bond acceptors (Lipinski definition) is 6. The smallest absolute Gasteiger partial charge is 0.360 e. The molecule has 1 rings (SSSR count). The molecule has 0 spiro atoms. The molecule has 2 N–H and O–H groups in total. The fourth-order valence-corrected chi connectivity index (χ4v) is 0.928. The fourth-order valence-electron chi connectivity index (χ4n) is 0.928. The normalized spacial score (nSPS) is 10.0. The first-order valence-electron chi connectivity index (χ1n) is 4.75. The van der Waals surface area contributed by atoms with Crippen LogP contribution in [0.4, 0.5) is 6.01 Å². The van der Waals surface area contributed by atoms with Crippen molar-refractivity contribution in [3.05, 3.63) is 12.0 Å². The first-order valence-corrected chi connectivity index (χ1v) is 4.75.